The van der Waals surface area contributed by atoms with Crippen molar-refractivity contribution in [1.29, 1.82) is 0 Å². The molecule has 0 aliphatic carbocycles. The Bertz CT molecular complexity index is 1060. The van der Waals surface area contributed by atoms with Gasteiger partial charge in [-0.2, -0.15) is 4.99 Å². The molecule has 0 N–H and O–H groups in total. The number of amidine groups is 1. The summed E-state index contributed by atoms with van der Waals surface area (Å²) in [6, 6.07) is 14.4. The van der Waals surface area contributed by atoms with E-state index >= 15 is 0 Å². The maximum Gasteiger partial charge on any atom is 0.292 e. The van der Waals surface area contributed by atoms with Crippen LogP contribution in [-0.2, 0) is 4.79 Å². The summed E-state index contributed by atoms with van der Waals surface area (Å²) in [6.45, 7) is 4.97. The summed E-state index contributed by atoms with van der Waals surface area (Å²) < 4.78 is 5.64. The molecule has 9 heteroatoms. The summed E-state index contributed by atoms with van der Waals surface area (Å²) >= 11 is 1.36. The van der Waals surface area contributed by atoms with Gasteiger partial charge in [0.1, 0.15) is 11.4 Å². The Morgan fingerprint density at radius 3 is 2.52 bits per heavy atom. The predicted octanol–water partition coefficient (Wildman–Crippen LogP) is 3.79. The molecule has 0 atom stereocenters. The monoisotopic (exact) mass is 438 g/mol. The highest BCUT2D eigenvalue weighted by atomic mass is 32.2. The lowest BCUT2D eigenvalue weighted by atomic mass is 10.2. The van der Waals surface area contributed by atoms with Crippen LogP contribution in [0.25, 0.3) is 6.08 Å². The van der Waals surface area contributed by atoms with Gasteiger partial charge >= 0.3 is 0 Å². The van der Waals surface area contributed by atoms with E-state index in [2.05, 4.69) is 9.89 Å². The van der Waals surface area contributed by atoms with Gasteiger partial charge in [-0.05, 0) is 36.9 Å². The highest BCUT2D eigenvalue weighted by Crippen LogP contribution is 2.34. The zero-order valence-corrected chi connectivity index (χ0v) is 17.9. The molecule has 1 fully saturated rings. The summed E-state index contributed by atoms with van der Waals surface area (Å²) in [5, 5.41) is 12.0. The van der Waals surface area contributed by atoms with Gasteiger partial charge in [-0.15, -0.1) is 0 Å². The first-order chi connectivity index (χ1) is 15.1. The molecule has 4 rings (SSSR count). The Morgan fingerprint density at radius 1 is 1.10 bits per heavy atom. The summed E-state index contributed by atoms with van der Waals surface area (Å²) in [7, 11) is 0. The maximum atomic E-state index is 12.5. The minimum Gasteiger partial charge on any atom is -0.493 e. The molecule has 2 aromatic carbocycles. The summed E-state index contributed by atoms with van der Waals surface area (Å²) in [5.74, 6) is 0.477. The standard InChI is InChI=1S/C22H22N4O4S/c1-2-30-19-10-6-3-7-16(19)15-20-21(27)23-22(31-20)25-13-11-24(12-14-25)17-8-4-5-9-18(17)26(28)29/h3-10,15H,2,11-14H2,1H3. The second kappa shape index (κ2) is 9.22. The third-order valence-corrected chi connectivity index (χ3v) is 6.13. The van der Waals surface area contributed by atoms with E-state index in [4.69, 9.17) is 4.74 Å². The highest BCUT2D eigenvalue weighted by molar-refractivity contribution is 8.18. The Balaban J connectivity index is 1.43. The zero-order chi connectivity index (χ0) is 21.8. The van der Waals surface area contributed by atoms with Crippen molar-refractivity contribution in [3.8, 4) is 5.75 Å². The lowest BCUT2D eigenvalue weighted by molar-refractivity contribution is -0.384. The first-order valence-corrected chi connectivity index (χ1v) is 10.9. The molecular weight excluding hydrogens is 416 g/mol. The second-order valence-electron chi connectivity index (χ2n) is 7.00. The third-order valence-electron chi connectivity index (χ3n) is 5.08. The van der Waals surface area contributed by atoms with Crippen molar-refractivity contribution in [3.05, 3.63) is 69.1 Å². The molecule has 0 unspecified atom stereocenters. The van der Waals surface area contributed by atoms with E-state index in [1.165, 1.54) is 17.8 Å². The van der Waals surface area contributed by atoms with Gasteiger partial charge in [-0.1, -0.05) is 30.3 Å². The molecule has 0 saturated carbocycles. The number of aliphatic imine (C=N–C) groups is 1. The molecule has 2 heterocycles. The van der Waals surface area contributed by atoms with E-state index in [0.29, 0.717) is 48.5 Å². The second-order valence-corrected chi connectivity index (χ2v) is 8.01. The number of carbonyl (C=O) groups excluding carboxylic acids is 1. The first kappa shape index (κ1) is 20.9. The van der Waals surface area contributed by atoms with Gasteiger partial charge in [0, 0.05) is 37.8 Å². The van der Waals surface area contributed by atoms with Gasteiger partial charge in [0.15, 0.2) is 5.17 Å². The van der Waals surface area contributed by atoms with E-state index in [9.17, 15) is 14.9 Å². The van der Waals surface area contributed by atoms with E-state index in [0.717, 1.165) is 11.3 Å². The Kier molecular flexibility index (Phi) is 6.22. The number of hydrogen-bond acceptors (Lipinski definition) is 7. The number of ether oxygens (including phenoxy) is 1. The van der Waals surface area contributed by atoms with Crippen LogP contribution in [0.1, 0.15) is 12.5 Å². The number of nitro benzene ring substituents is 1. The zero-order valence-electron chi connectivity index (χ0n) is 17.1. The van der Waals surface area contributed by atoms with Crippen molar-refractivity contribution < 1.29 is 14.5 Å². The summed E-state index contributed by atoms with van der Waals surface area (Å²) in [4.78, 5) is 32.3. The van der Waals surface area contributed by atoms with Crippen molar-refractivity contribution >= 4 is 40.3 Å². The molecule has 0 spiro atoms. The number of rotatable bonds is 5. The van der Waals surface area contributed by atoms with Gasteiger partial charge in [0.2, 0.25) is 0 Å². The average Bonchev–Trinajstić information content (AvgIpc) is 3.15. The number of piperazine rings is 1. The summed E-state index contributed by atoms with van der Waals surface area (Å²) in [5.41, 5.74) is 1.58. The number of benzene rings is 2. The molecule has 31 heavy (non-hydrogen) atoms. The molecule has 1 saturated heterocycles. The SMILES string of the molecule is CCOc1ccccc1C=C1SC(N2CCN(c3ccccc3[N+](=O)[O-])CC2)=NC1=O. The van der Waals surface area contributed by atoms with Crippen LogP contribution in [0.2, 0.25) is 0 Å². The van der Waals surface area contributed by atoms with Crippen molar-refractivity contribution in [3.63, 3.8) is 0 Å². The molecule has 160 valence electrons. The van der Waals surface area contributed by atoms with Crippen LogP contribution in [0.3, 0.4) is 0 Å². The number of carbonyl (C=O) groups is 1. The fraction of sp³-hybridized carbons (Fsp3) is 0.273. The maximum absolute atomic E-state index is 12.5. The number of anilines is 1. The number of para-hydroxylation sites is 3. The molecule has 1 amide bonds. The van der Waals surface area contributed by atoms with Gasteiger partial charge in [0.05, 0.1) is 16.4 Å². The Morgan fingerprint density at radius 2 is 1.77 bits per heavy atom. The molecule has 0 aromatic heterocycles. The molecule has 0 radical (unpaired) electrons. The van der Waals surface area contributed by atoms with Crippen molar-refractivity contribution in [2.24, 2.45) is 4.99 Å². The minimum atomic E-state index is -0.353. The molecule has 2 aromatic rings. The van der Waals surface area contributed by atoms with Crippen LogP contribution in [0, 0.1) is 10.1 Å². The van der Waals surface area contributed by atoms with Gasteiger partial charge in [0.25, 0.3) is 11.6 Å². The third kappa shape index (κ3) is 4.56. The lowest BCUT2D eigenvalue weighted by Crippen LogP contribution is -2.48. The van der Waals surface area contributed by atoms with Gasteiger partial charge in [-0.3, -0.25) is 14.9 Å². The largest absolute Gasteiger partial charge is 0.493 e. The van der Waals surface area contributed by atoms with Crippen molar-refractivity contribution in [2.75, 3.05) is 37.7 Å². The Hall–Kier alpha value is -3.33. The van der Waals surface area contributed by atoms with E-state index in [1.807, 2.05) is 42.2 Å². The van der Waals surface area contributed by atoms with Crippen LogP contribution >= 0.6 is 11.8 Å². The number of nitrogens with zero attached hydrogens (tertiary/aromatic N) is 4. The van der Waals surface area contributed by atoms with Crippen LogP contribution in [0.5, 0.6) is 5.75 Å². The minimum absolute atomic E-state index is 0.108. The Labute approximate surface area is 184 Å². The topological polar surface area (TPSA) is 88.3 Å². The van der Waals surface area contributed by atoms with E-state index < -0.39 is 0 Å². The van der Waals surface area contributed by atoms with Crippen LogP contribution in [-0.4, -0.2) is 53.7 Å². The predicted molar refractivity (Wildman–Crippen MR) is 123 cm³/mol. The fourth-order valence-electron chi connectivity index (χ4n) is 3.59. The van der Waals surface area contributed by atoms with E-state index in [1.54, 1.807) is 18.2 Å². The molecule has 0 bridgehead atoms. The summed E-state index contributed by atoms with van der Waals surface area (Å²) in [6.07, 6.45) is 1.82. The fourth-order valence-corrected chi connectivity index (χ4v) is 4.54. The van der Waals surface area contributed by atoms with Crippen LogP contribution in [0.15, 0.2) is 58.4 Å². The molecule has 2 aliphatic heterocycles. The van der Waals surface area contributed by atoms with Crippen LogP contribution < -0.4 is 9.64 Å². The van der Waals surface area contributed by atoms with Crippen LogP contribution in [0.4, 0.5) is 11.4 Å². The smallest absolute Gasteiger partial charge is 0.292 e. The average molecular weight is 439 g/mol. The molecular formula is C22H22N4O4S. The van der Waals surface area contributed by atoms with Crippen molar-refractivity contribution in [1.82, 2.24) is 4.90 Å². The van der Waals surface area contributed by atoms with E-state index in [-0.39, 0.29) is 16.5 Å². The van der Waals surface area contributed by atoms with Gasteiger partial charge < -0.3 is 14.5 Å². The first-order valence-electron chi connectivity index (χ1n) is 10.0. The number of nitro groups is 1. The van der Waals surface area contributed by atoms with Crippen molar-refractivity contribution in [2.45, 2.75) is 6.92 Å². The number of thioether (sulfide) groups is 1. The highest BCUT2D eigenvalue weighted by Gasteiger charge is 2.30. The molecule has 2 aliphatic rings. The molecule has 8 nitrogen and oxygen atoms in total. The lowest BCUT2D eigenvalue weighted by Gasteiger charge is -2.36. The number of hydrogen-bond donors (Lipinski definition) is 0. The normalized spacial score (nSPS) is 17.8. The number of amides is 1. The van der Waals surface area contributed by atoms with Gasteiger partial charge in [-0.25, -0.2) is 0 Å². The quantitative estimate of drug-likeness (QED) is 0.399.